The van der Waals surface area contributed by atoms with Gasteiger partial charge in [-0.3, -0.25) is 15.2 Å². The molecule has 0 spiro atoms. The number of fused-ring (bicyclic) bond motifs is 2. The summed E-state index contributed by atoms with van der Waals surface area (Å²) in [5.41, 5.74) is 11.3. The van der Waals surface area contributed by atoms with Gasteiger partial charge in [-0.15, -0.1) is 22.7 Å². The summed E-state index contributed by atoms with van der Waals surface area (Å²) in [5.74, 6) is -2.26. The zero-order valence-electron chi connectivity index (χ0n) is 22.0. The van der Waals surface area contributed by atoms with Crippen LogP contribution in [0.2, 0.25) is 0 Å². The molecule has 6 N–H and O–H groups in total. The van der Waals surface area contributed by atoms with Crippen LogP contribution < -0.4 is 17.0 Å². The van der Waals surface area contributed by atoms with Crippen molar-refractivity contribution in [3.8, 4) is 17.5 Å². The molecule has 0 amide bonds. The number of thiophene rings is 2. The van der Waals surface area contributed by atoms with E-state index in [4.69, 9.17) is 26.4 Å². The van der Waals surface area contributed by atoms with E-state index in [-0.39, 0.29) is 67.8 Å². The molecule has 0 atom stereocenters. The Morgan fingerprint density at radius 1 is 1.07 bits per heavy atom. The lowest BCUT2D eigenvalue weighted by Gasteiger charge is -2.13. The van der Waals surface area contributed by atoms with Gasteiger partial charge in [-0.05, 0) is 32.0 Å². The largest absolute Gasteiger partial charge is 0.506 e. The number of benzene rings is 1. The molecule has 5 aromatic rings. The van der Waals surface area contributed by atoms with Crippen LogP contribution in [0.5, 0.6) is 5.75 Å². The first-order valence-electron chi connectivity index (χ1n) is 12.3. The highest BCUT2D eigenvalue weighted by Gasteiger charge is 2.31. The molecule has 0 aliphatic rings. The van der Waals surface area contributed by atoms with E-state index >= 15 is 0 Å². The van der Waals surface area contributed by atoms with Crippen molar-refractivity contribution in [3.63, 3.8) is 0 Å². The average Bonchev–Trinajstić information content (AvgIpc) is 3.50. The van der Waals surface area contributed by atoms with Gasteiger partial charge in [0.05, 0.1) is 34.0 Å². The summed E-state index contributed by atoms with van der Waals surface area (Å²) in [7, 11) is 0. The number of ether oxygens (including phenoxy) is 2. The van der Waals surface area contributed by atoms with Crippen molar-refractivity contribution in [1.82, 2.24) is 14.8 Å². The molecule has 13 nitrogen and oxygen atoms in total. The van der Waals surface area contributed by atoms with Crippen molar-refractivity contribution in [2.45, 2.75) is 13.8 Å². The first kappa shape index (κ1) is 28.2. The number of phenolic OH excluding ortho intramolecular Hbond substituents is 1. The Kier molecular flexibility index (Phi) is 7.33. The van der Waals surface area contributed by atoms with Crippen LogP contribution in [0.4, 0.5) is 11.4 Å². The Bertz CT molecular complexity index is 2050. The van der Waals surface area contributed by atoms with Crippen molar-refractivity contribution in [1.29, 1.82) is 10.7 Å². The van der Waals surface area contributed by atoms with Crippen molar-refractivity contribution in [2.75, 3.05) is 24.7 Å². The highest BCUT2D eigenvalue weighted by Crippen LogP contribution is 2.46. The lowest BCUT2D eigenvalue weighted by Crippen LogP contribution is -2.30. The van der Waals surface area contributed by atoms with Crippen LogP contribution in [-0.4, -0.2) is 50.8 Å². The molecular formula is C27H21N7O6S2. The van der Waals surface area contributed by atoms with E-state index in [1.165, 1.54) is 18.3 Å². The number of phenols is 1. The topological polar surface area (TPSA) is 220 Å². The fourth-order valence-corrected chi connectivity index (χ4v) is 6.83. The minimum absolute atomic E-state index is 0.00828. The third-order valence-electron chi connectivity index (χ3n) is 6.18. The minimum Gasteiger partial charge on any atom is -0.506 e. The van der Waals surface area contributed by atoms with Crippen LogP contribution in [0.3, 0.4) is 0 Å². The SMILES string of the molecule is CCOC(=O)c1nn(-c2c(C(=O)OCC)sc3sc(C(=O)c4ccc(O)c5ncccc45)c(N)c23)c(=N)c(C#N)c1N. The number of aromatic nitrogens is 3. The number of ketones is 1. The van der Waals surface area contributed by atoms with Crippen molar-refractivity contribution in [3.05, 3.63) is 62.5 Å². The van der Waals surface area contributed by atoms with E-state index in [1.54, 1.807) is 32.0 Å². The van der Waals surface area contributed by atoms with Crippen LogP contribution >= 0.6 is 22.7 Å². The summed E-state index contributed by atoms with van der Waals surface area (Å²) in [6.07, 6.45) is 1.49. The number of carbonyl (C=O) groups is 3. The molecule has 0 aliphatic heterocycles. The zero-order valence-corrected chi connectivity index (χ0v) is 23.7. The Morgan fingerprint density at radius 3 is 2.45 bits per heavy atom. The number of nitrogens with one attached hydrogen (secondary N) is 1. The van der Waals surface area contributed by atoms with Gasteiger partial charge in [0.25, 0.3) is 0 Å². The smallest absolute Gasteiger partial charge is 0.361 e. The Hall–Kier alpha value is -5.33. The van der Waals surface area contributed by atoms with Gasteiger partial charge in [-0.1, -0.05) is 6.07 Å². The van der Waals surface area contributed by atoms with Gasteiger partial charge in [-0.2, -0.15) is 10.4 Å². The zero-order chi connectivity index (χ0) is 30.3. The lowest BCUT2D eigenvalue weighted by atomic mass is 10.0. The maximum absolute atomic E-state index is 13.8. The Morgan fingerprint density at radius 2 is 1.76 bits per heavy atom. The van der Waals surface area contributed by atoms with Gasteiger partial charge < -0.3 is 26.0 Å². The van der Waals surface area contributed by atoms with Crippen molar-refractivity contribution in [2.24, 2.45) is 0 Å². The molecule has 5 rings (SSSR count). The molecule has 0 fully saturated rings. The van der Waals surface area contributed by atoms with E-state index in [0.29, 0.717) is 9.40 Å². The first-order valence-corrected chi connectivity index (χ1v) is 14.0. The number of aromatic hydroxyl groups is 1. The maximum Gasteiger partial charge on any atom is 0.361 e. The second-order valence-electron chi connectivity index (χ2n) is 8.60. The normalized spacial score (nSPS) is 11.0. The number of hydrogen-bond acceptors (Lipinski definition) is 14. The predicted octanol–water partition coefficient (Wildman–Crippen LogP) is 3.50. The number of carbonyl (C=O) groups excluding carboxylic acids is 3. The second kappa shape index (κ2) is 10.9. The highest BCUT2D eigenvalue weighted by atomic mass is 32.2. The number of hydrogen-bond donors (Lipinski definition) is 4. The highest BCUT2D eigenvalue weighted by molar-refractivity contribution is 7.40. The van der Waals surface area contributed by atoms with Crippen LogP contribution in [0, 0.1) is 16.7 Å². The fraction of sp³-hybridized carbons (Fsp3) is 0.148. The first-order chi connectivity index (χ1) is 20.1. The molecule has 4 aromatic heterocycles. The molecule has 0 bridgehead atoms. The quantitative estimate of drug-likeness (QED) is 0.156. The van der Waals surface area contributed by atoms with Gasteiger partial charge in [0.1, 0.15) is 38.3 Å². The number of nitriles is 1. The minimum atomic E-state index is -0.939. The third kappa shape index (κ3) is 4.39. The molecule has 0 aliphatic carbocycles. The number of nitrogens with zero attached hydrogens (tertiary/aromatic N) is 4. The Balaban J connectivity index is 1.81. The standard InChI is InChI=1S/C27H21N7O6S2/c1-3-39-25(37)19-16(29)13(10-28)24(31)34(33-19)20-15-17(30)22(41-27(15)42-23(20)26(38)40-4-2)21(36)12-7-8-14(35)18-11(12)6-5-9-32-18/h5-9,31,35H,3-4,29-30H2,1-2H3. The number of pyridine rings is 1. The van der Waals surface area contributed by atoms with Crippen LogP contribution in [0.15, 0.2) is 30.5 Å². The van der Waals surface area contributed by atoms with E-state index in [0.717, 1.165) is 27.4 Å². The van der Waals surface area contributed by atoms with E-state index in [9.17, 15) is 24.8 Å². The van der Waals surface area contributed by atoms with Gasteiger partial charge in [-0.25, -0.2) is 14.3 Å². The molecular weight excluding hydrogens is 582 g/mol. The van der Waals surface area contributed by atoms with Crippen LogP contribution in [0.25, 0.3) is 26.0 Å². The molecule has 0 unspecified atom stereocenters. The summed E-state index contributed by atoms with van der Waals surface area (Å²) >= 11 is 1.97. The molecule has 0 radical (unpaired) electrons. The maximum atomic E-state index is 13.8. The molecule has 0 saturated carbocycles. The van der Waals surface area contributed by atoms with Crippen LogP contribution in [-0.2, 0) is 9.47 Å². The summed E-state index contributed by atoms with van der Waals surface area (Å²) in [6.45, 7) is 3.22. The van der Waals surface area contributed by atoms with Crippen molar-refractivity contribution < 1.29 is 29.0 Å². The number of esters is 2. The van der Waals surface area contributed by atoms with Gasteiger partial charge in [0, 0.05) is 17.1 Å². The predicted molar refractivity (Wildman–Crippen MR) is 155 cm³/mol. The summed E-state index contributed by atoms with van der Waals surface area (Å²) < 4.78 is 11.6. The molecule has 42 heavy (non-hydrogen) atoms. The fourth-order valence-electron chi connectivity index (χ4n) is 4.34. The summed E-state index contributed by atoms with van der Waals surface area (Å²) in [6, 6.07) is 7.90. The molecule has 212 valence electrons. The summed E-state index contributed by atoms with van der Waals surface area (Å²) in [4.78, 5) is 43.8. The number of nitrogen functional groups attached to an aromatic ring is 2. The lowest BCUT2D eigenvalue weighted by molar-refractivity contribution is 0.0515. The second-order valence-corrected chi connectivity index (χ2v) is 10.9. The van der Waals surface area contributed by atoms with Gasteiger partial charge >= 0.3 is 11.9 Å². The molecule has 1 aromatic carbocycles. The Labute approximate surface area is 244 Å². The van der Waals surface area contributed by atoms with E-state index in [2.05, 4.69) is 10.1 Å². The number of rotatable bonds is 7. The summed E-state index contributed by atoms with van der Waals surface area (Å²) in [5, 5.41) is 33.5. The number of anilines is 2. The van der Waals surface area contributed by atoms with Crippen molar-refractivity contribution >= 4 is 72.1 Å². The molecule has 0 saturated heterocycles. The van der Waals surface area contributed by atoms with Crippen LogP contribution in [0.1, 0.15) is 54.8 Å². The van der Waals surface area contributed by atoms with Gasteiger partial charge in [0.15, 0.2) is 11.2 Å². The van der Waals surface area contributed by atoms with E-state index < -0.39 is 28.9 Å². The third-order valence-corrected chi connectivity index (χ3v) is 8.64. The van der Waals surface area contributed by atoms with Gasteiger partial charge in [0.2, 0.25) is 5.78 Å². The number of nitrogens with two attached hydrogens (primary N) is 2. The molecule has 15 heteroatoms. The van der Waals surface area contributed by atoms with E-state index in [1.807, 2.05) is 0 Å². The average molecular weight is 604 g/mol. The molecule has 4 heterocycles. The monoisotopic (exact) mass is 603 g/mol.